The van der Waals surface area contributed by atoms with E-state index in [1.165, 1.54) is 23.1 Å². The number of nitrogens with one attached hydrogen (secondary N) is 1. The molecule has 1 saturated heterocycles. The van der Waals surface area contributed by atoms with Crippen LogP contribution in [0.3, 0.4) is 0 Å². The van der Waals surface area contributed by atoms with E-state index in [4.69, 9.17) is 25.0 Å². The molecule has 5 rings (SSSR count). The number of benzene rings is 2. The first kappa shape index (κ1) is 28.9. The van der Waals surface area contributed by atoms with Gasteiger partial charge < -0.3 is 30.2 Å². The number of aromatic nitrogens is 3. The zero-order chi connectivity index (χ0) is 30.0. The minimum atomic E-state index is -1.40. The quantitative estimate of drug-likeness (QED) is 0.265. The maximum Gasteiger partial charge on any atom is 0.410 e. The lowest BCUT2D eigenvalue weighted by Gasteiger charge is -2.36. The number of methoxy groups -OCH3 is 1. The number of ether oxygens (including phenoxy) is 3. The standard InChI is InChI=1S/C30H34F2N6O4/c1-30(2,3)42-29(39)37-14-12-23(22(32)17-37)35-27-26-25(41-24-10-7-19(33)15-21(24)31)11-13-34-28(26)38(36-27)16-18-5-8-20(40-4)9-6-18/h5-11,13,15,22-23H,12,14,16-17,33H2,1-4H3,(H,35,36)/t22-,23+/m1/s1. The van der Waals surface area contributed by atoms with Crippen molar-refractivity contribution in [2.45, 2.75) is 51.6 Å². The maximum atomic E-state index is 15.5. The SMILES string of the molecule is COc1ccc(Cn2nc(N[C@H]3CCN(C(=O)OC(C)(C)C)C[C@H]3F)c3c(Oc4ccc(N)cc4F)ccnc32)cc1. The third-order valence-corrected chi connectivity index (χ3v) is 6.78. The smallest absolute Gasteiger partial charge is 0.410 e. The Morgan fingerprint density at radius 2 is 1.90 bits per heavy atom. The number of hydrogen-bond acceptors (Lipinski definition) is 8. The van der Waals surface area contributed by atoms with Gasteiger partial charge >= 0.3 is 6.09 Å². The first-order valence-corrected chi connectivity index (χ1v) is 13.6. The maximum absolute atomic E-state index is 15.5. The number of carbonyl (C=O) groups excluding carboxylic acids is 1. The molecule has 1 aliphatic heterocycles. The number of halogens is 2. The second-order valence-corrected chi connectivity index (χ2v) is 11.1. The molecule has 3 N–H and O–H groups in total. The number of hydrogen-bond donors (Lipinski definition) is 2. The summed E-state index contributed by atoms with van der Waals surface area (Å²) in [5, 5.41) is 8.42. The van der Waals surface area contributed by atoms with Crippen LogP contribution >= 0.6 is 0 Å². The minimum Gasteiger partial charge on any atom is -0.497 e. The van der Waals surface area contributed by atoms with Crippen LogP contribution in [-0.2, 0) is 11.3 Å². The second-order valence-electron chi connectivity index (χ2n) is 11.1. The van der Waals surface area contributed by atoms with Crippen molar-refractivity contribution in [1.82, 2.24) is 19.7 Å². The Labute approximate surface area is 242 Å². The molecule has 0 radical (unpaired) electrons. The van der Waals surface area contributed by atoms with Crippen LogP contribution < -0.4 is 20.5 Å². The summed E-state index contributed by atoms with van der Waals surface area (Å²) in [4.78, 5) is 18.4. The molecule has 1 aliphatic rings. The van der Waals surface area contributed by atoms with E-state index in [-0.39, 0.29) is 23.7 Å². The molecule has 2 atom stereocenters. The summed E-state index contributed by atoms with van der Waals surface area (Å²) < 4.78 is 48.5. The summed E-state index contributed by atoms with van der Waals surface area (Å²) in [6.07, 6.45) is -0.0944. The highest BCUT2D eigenvalue weighted by molar-refractivity contribution is 5.93. The molecule has 1 fully saturated rings. The van der Waals surface area contributed by atoms with Gasteiger partial charge in [0.15, 0.2) is 23.0 Å². The van der Waals surface area contributed by atoms with E-state index in [0.717, 1.165) is 11.3 Å². The zero-order valence-electron chi connectivity index (χ0n) is 23.9. The average molecular weight is 581 g/mol. The largest absolute Gasteiger partial charge is 0.497 e. The molecule has 2 aromatic carbocycles. The Balaban J connectivity index is 1.46. The fraction of sp³-hybridized carbons (Fsp3) is 0.367. The highest BCUT2D eigenvalue weighted by atomic mass is 19.1. The number of alkyl halides is 1. The van der Waals surface area contributed by atoms with Gasteiger partial charge in [-0.15, -0.1) is 0 Å². The zero-order valence-corrected chi connectivity index (χ0v) is 23.9. The fourth-order valence-corrected chi connectivity index (χ4v) is 4.72. The summed E-state index contributed by atoms with van der Waals surface area (Å²) in [5.74, 6) is 0.681. The number of nitrogens with two attached hydrogens (primary N) is 1. The number of anilines is 2. The average Bonchev–Trinajstić information content (AvgIpc) is 3.28. The van der Waals surface area contributed by atoms with Gasteiger partial charge in [-0.2, -0.15) is 5.10 Å². The van der Waals surface area contributed by atoms with Crippen LogP contribution in [0.5, 0.6) is 17.2 Å². The van der Waals surface area contributed by atoms with Crippen molar-refractivity contribution in [2.24, 2.45) is 0 Å². The minimum absolute atomic E-state index is 0.0282. The Morgan fingerprint density at radius 3 is 2.57 bits per heavy atom. The number of pyridine rings is 1. The van der Waals surface area contributed by atoms with E-state index >= 15 is 4.39 Å². The van der Waals surface area contributed by atoms with Crippen molar-refractivity contribution in [1.29, 1.82) is 0 Å². The highest BCUT2D eigenvalue weighted by Gasteiger charge is 2.35. The van der Waals surface area contributed by atoms with E-state index in [1.54, 1.807) is 44.8 Å². The van der Waals surface area contributed by atoms with E-state index in [1.807, 2.05) is 24.3 Å². The third-order valence-electron chi connectivity index (χ3n) is 6.78. The molecule has 10 nitrogen and oxygen atoms in total. The highest BCUT2D eigenvalue weighted by Crippen LogP contribution is 2.36. The Kier molecular flexibility index (Phi) is 8.06. The molecule has 3 heterocycles. The van der Waals surface area contributed by atoms with Gasteiger partial charge in [-0.1, -0.05) is 12.1 Å². The molecule has 42 heavy (non-hydrogen) atoms. The van der Waals surface area contributed by atoms with E-state index < -0.39 is 29.7 Å². The van der Waals surface area contributed by atoms with E-state index in [2.05, 4.69) is 10.3 Å². The first-order chi connectivity index (χ1) is 20.0. The van der Waals surface area contributed by atoms with Crippen LogP contribution in [0, 0.1) is 5.82 Å². The summed E-state index contributed by atoms with van der Waals surface area (Å²) in [5.41, 5.74) is 6.68. The number of nitrogens with zero attached hydrogens (tertiary/aromatic N) is 4. The lowest BCUT2D eigenvalue weighted by Crippen LogP contribution is -2.51. The Morgan fingerprint density at radius 1 is 1.14 bits per heavy atom. The van der Waals surface area contributed by atoms with E-state index in [0.29, 0.717) is 36.4 Å². The lowest BCUT2D eigenvalue weighted by atomic mass is 10.0. The molecule has 0 saturated carbocycles. The molecule has 2 aromatic heterocycles. The molecule has 222 valence electrons. The van der Waals surface area contributed by atoms with Gasteiger partial charge in [-0.3, -0.25) is 0 Å². The van der Waals surface area contributed by atoms with Gasteiger partial charge in [0.05, 0.1) is 26.2 Å². The predicted octanol–water partition coefficient (Wildman–Crippen LogP) is 5.76. The van der Waals surface area contributed by atoms with Crippen molar-refractivity contribution in [3.63, 3.8) is 0 Å². The second kappa shape index (κ2) is 11.7. The lowest BCUT2D eigenvalue weighted by molar-refractivity contribution is 0.0125. The Hall–Kier alpha value is -4.61. The van der Waals surface area contributed by atoms with Crippen LogP contribution in [0.1, 0.15) is 32.8 Å². The molecule has 12 heteroatoms. The number of piperidine rings is 1. The fourth-order valence-electron chi connectivity index (χ4n) is 4.72. The van der Waals surface area contributed by atoms with Crippen LogP contribution in [0.4, 0.5) is 25.1 Å². The van der Waals surface area contributed by atoms with E-state index in [9.17, 15) is 9.18 Å². The first-order valence-electron chi connectivity index (χ1n) is 13.6. The van der Waals surface area contributed by atoms with Gasteiger partial charge in [0.2, 0.25) is 0 Å². The molecule has 0 unspecified atom stereocenters. The van der Waals surface area contributed by atoms with Crippen molar-refractivity contribution in [3.8, 4) is 17.2 Å². The third kappa shape index (κ3) is 6.48. The number of carbonyl (C=O) groups is 1. The van der Waals surface area contributed by atoms with Crippen molar-refractivity contribution in [3.05, 3.63) is 66.1 Å². The number of likely N-dealkylation sites (tertiary alicyclic amines) is 1. The topological polar surface area (TPSA) is 117 Å². The summed E-state index contributed by atoms with van der Waals surface area (Å²) in [6, 6.07) is 12.6. The van der Waals surface area contributed by atoms with Gasteiger partial charge in [0.1, 0.15) is 28.7 Å². The predicted molar refractivity (Wildman–Crippen MR) is 155 cm³/mol. The van der Waals surface area contributed by atoms with Gasteiger partial charge in [-0.05, 0) is 57.0 Å². The number of amides is 1. The molecule has 0 spiro atoms. The Bertz CT molecular complexity index is 1570. The summed E-state index contributed by atoms with van der Waals surface area (Å²) in [7, 11) is 1.60. The number of fused-ring (bicyclic) bond motifs is 1. The number of rotatable bonds is 7. The summed E-state index contributed by atoms with van der Waals surface area (Å²) >= 11 is 0. The normalized spacial score (nSPS) is 17.2. The molecular weight excluding hydrogens is 546 g/mol. The van der Waals surface area contributed by atoms with Gasteiger partial charge in [-0.25, -0.2) is 23.2 Å². The molecule has 0 aliphatic carbocycles. The monoisotopic (exact) mass is 580 g/mol. The summed E-state index contributed by atoms with van der Waals surface area (Å²) in [6.45, 7) is 5.83. The number of nitrogen functional groups attached to an aromatic ring is 1. The van der Waals surface area contributed by atoms with Gasteiger partial charge in [0, 0.05) is 30.6 Å². The van der Waals surface area contributed by atoms with Crippen LogP contribution in [0.2, 0.25) is 0 Å². The molecule has 4 aromatic rings. The van der Waals surface area contributed by atoms with Crippen LogP contribution in [0.25, 0.3) is 11.0 Å². The van der Waals surface area contributed by atoms with Crippen molar-refractivity contribution >= 4 is 28.6 Å². The van der Waals surface area contributed by atoms with Crippen LogP contribution in [-0.4, -0.2) is 63.8 Å². The molecule has 0 bridgehead atoms. The molecule has 1 amide bonds. The van der Waals surface area contributed by atoms with Gasteiger partial charge in [0.25, 0.3) is 0 Å². The van der Waals surface area contributed by atoms with Crippen LogP contribution in [0.15, 0.2) is 54.7 Å². The molecular formula is C30H34F2N6O4. The van der Waals surface area contributed by atoms with Crippen molar-refractivity contribution < 1.29 is 27.8 Å². The van der Waals surface area contributed by atoms with Crippen molar-refractivity contribution in [2.75, 3.05) is 31.2 Å².